The fourth-order valence-corrected chi connectivity index (χ4v) is 6.35. The van der Waals surface area contributed by atoms with Crippen molar-refractivity contribution in [3.63, 3.8) is 0 Å². The first-order valence-corrected chi connectivity index (χ1v) is 14.5. The van der Waals surface area contributed by atoms with Gasteiger partial charge in [-0.15, -0.1) is 0 Å². The molecule has 0 radical (unpaired) electrons. The summed E-state index contributed by atoms with van der Waals surface area (Å²) in [5.41, 5.74) is 1.54. The van der Waals surface area contributed by atoms with Gasteiger partial charge in [0.2, 0.25) is 10.0 Å². The number of carbonyl (C=O) groups excluding carboxylic acids is 1. The molecule has 0 aliphatic carbocycles. The number of sulfonamides is 1. The van der Waals surface area contributed by atoms with Gasteiger partial charge in [0.15, 0.2) is 0 Å². The van der Waals surface area contributed by atoms with E-state index in [9.17, 15) is 13.2 Å². The van der Waals surface area contributed by atoms with Gasteiger partial charge in [0, 0.05) is 43.9 Å². The van der Waals surface area contributed by atoms with Gasteiger partial charge in [0.1, 0.15) is 11.5 Å². The summed E-state index contributed by atoms with van der Waals surface area (Å²) in [6.07, 6.45) is -0.422. The van der Waals surface area contributed by atoms with Crippen LogP contribution in [0, 0.1) is 0 Å². The van der Waals surface area contributed by atoms with Gasteiger partial charge < -0.3 is 29.2 Å². The van der Waals surface area contributed by atoms with Crippen LogP contribution in [0.1, 0.15) is 38.1 Å². The third kappa shape index (κ3) is 6.40. The molecule has 38 heavy (non-hydrogen) atoms. The Kier molecular flexibility index (Phi) is 9.14. The lowest BCUT2D eigenvalue weighted by Gasteiger charge is -2.34. The number of nitrogens with zero attached hydrogens (tertiary/aromatic N) is 2. The second-order valence-electron chi connectivity index (χ2n) is 9.34. The number of anilines is 2. The predicted molar refractivity (Wildman–Crippen MR) is 145 cm³/mol. The maximum Gasteiger partial charge on any atom is 0.255 e. The highest BCUT2D eigenvalue weighted by molar-refractivity contribution is 7.89. The molecule has 0 unspecified atom stereocenters. The molecule has 2 fully saturated rings. The molecule has 11 heteroatoms. The quantitative estimate of drug-likeness (QED) is 0.509. The summed E-state index contributed by atoms with van der Waals surface area (Å²) in [6.45, 7) is 11.5. The third-order valence-electron chi connectivity index (χ3n) is 6.38. The molecule has 0 aromatic heterocycles. The molecule has 0 saturated carbocycles. The molecule has 0 spiro atoms. The average Bonchev–Trinajstić information content (AvgIpc) is 2.90. The molecule has 1 N–H and O–H groups in total. The van der Waals surface area contributed by atoms with Crippen LogP contribution < -0.4 is 19.7 Å². The maximum atomic E-state index is 13.3. The minimum atomic E-state index is -3.79. The topological polar surface area (TPSA) is 107 Å². The van der Waals surface area contributed by atoms with Gasteiger partial charge in [-0.3, -0.25) is 4.79 Å². The molecule has 1 amide bonds. The van der Waals surface area contributed by atoms with Gasteiger partial charge in [-0.05, 0) is 45.9 Å². The van der Waals surface area contributed by atoms with Gasteiger partial charge in [-0.25, -0.2) is 8.42 Å². The third-order valence-corrected chi connectivity index (χ3v) is 8.21. The molecule has 10 nitrogen and oxygen atoms in total. The van der Waals surface area contributed by atoms with Crippen molar-refractivity contribution in [2.75, 3.05) is 62.8 Å². The van der Waals surface area contributed by atoms with E-state index >= 15 is 0 Å². The van der Waals surface area contributed by atoms with E-state index in [4.69, 9.17) is 18.9 Å². The van der Waals surface area contributed by atoms with Crippen molar-refractivity contribution in [2.45, 2.75) is 44.8 Å². The lowest BCUT2D eigenvalue weighted by Crippen LogP contribution is -2.48. The molecular formula is C27H37N3O7S. The highest BCUT2D eigenvalue weighted by atomic mass is 32.2. The zero-order valence-corrected chi connectivity index (χ0v) is 23.3. The van der Waals surface area contributed by atoms with Crippen molar-refractivity contribution in [2.24, 2.45) is 0 Å². The Morgan fingerprint density at radius 3 is 2.32 bits per heavy atom. The Morgan fingerprint density at radius 1 is 1.00 bits per heavy atom. The number of nitrogens with one attached hydrogen (secondary N) is 1. The van der Waals surface area contributed by atoms with Crippen LogP contribution in [-0.2, 0) is 19.5 Å². The number of hydrogen-bond donors (Lipinski definition) is 1. The van der Waals surface area contributed by atoms with E-state index in [0.29, 0.717) is 43.6 Å². The van der Waals surface area contributed by atoms with Gasteiger partial charge in [0.05, 0.1) is 54.9 Å². The zero-order valence-electron chi connectivity index (χ0n) is 22.4. The molecule has 2 aromatic carbocycles. The summed E-state index contributed by atoms with van der Waals surface area (Å²) in [5, 5.41) is 2.90. The number of ether oxygens (including phenoxy) is 4. The zero-order chi connectivity index (χ0) is 27.3. The van der Waals surface area contributed by atoms with E-state index in [1.165, 1.54) is 16.4 Å². The Balaban J connectivity index is 1.61. The number of benzene rings is 2. The minimum Gasteiger partial charge on any atom is -0.492 e. The van der Waals surface area contributed by atoms with Crippen LogP contribution in [0.4, 0.5) is 11.4 Å². The summed E-state index contributed by atoms with van der Waals surface area (Å²) in [4.78, 5) is 15.6. The van der Waals surface area contributed by atoms with Crippen LogP contribution in [0.2, 0.25) is 0 Å². The van der Waals surface area contributed by atoms with Gasteiger partial charge in [-0.1, -0.05) is 6.07 Å². The molecule has 2 saturated heterocycles. The molecule has 4 rings (SSSR count). The van der Waals surface area contributed by atoms with E-state index in [1.54, 1.807) is 18.2 Å². The van der Waals surface area contributed by atoms with E-state index in [0.717, 1.165) is 18.8 Å². The lowest BCUT2D eigenvalue weighted by atomic mass is 10.1. The normalized spacial score (nSPS) is 20.7. The first kappa shape index (κ1) is 28.2. The smallest absolute Gasteiger partial charge is 0.255 e. The van der Waals surface area contributed by atoms with Crippen LogP contribution in [0.5, 0.6) is 11.5 Å². The highest BCUT2D eigenvalue weighted by Crippen LogP contribution is 2.39. The summed E-state index contributed by atoms with van der Waals surface area (Å²) >= 11 is 0. The summed E-state index contributed by atoms with van der Waals surface area (Å²) in [5.74, 6) is 0.680. The van der Waals surface area contributed by atoms with E-state index in [1.807, 2.05) is 33.8 Å². The second-order valence-corrected chi connectivity index (χ2v) is 11.3. The van der Waals surface area contributed by atoms with Crippen LogP contribution in [-0.4, -0.2) is 83.4 Å². The van der Waals surface area contributed by atoms with Gasteiger partial charge >= 0.3 is 0 Å². The van der Waals surface area contributed by atoms with Crippen molar-refractivity contribution in [3.05, 3.63) is 42.0 Å². The molecule has 2 aliphatic rings. The van der Waals surface area contributed by atoms with Crippen LogP contribution in [0.3, 0.4) is 0 Å². The van der Waals surface area contributed by atoms with E-state index in [-0.39, 0.29) is 35.8 Å². The number of hydrogen-bond acceptors (Lipinski definition) is 8. The maximum absolute atomic E-state index is 13.3. The first-order chi connectivity index (χ1) is 18.2. The van der Waals surface area contributed by atoms with Gasteiger partial charge in [-0.2, -0.15) is 4.31 Å². The molecule has 2 heterocycles. The standard InChI is InChI=1S/C27H37N3O7S/c1-5-35-25-16-24(29-10-12-34-13-11-29)26(36-6-2)15-23(25)28-27(31)21-8-7-9-22(14-21)38(32,33)30-17-19(3)37-20(4)18-30/h7-9,14-16,19-20H,5-6,10-13,17-18H2,1-4H3,(H,28,31)/t19-,20-/m1/s1. The SMILES string of the molecule is CCOc1cc(N2CCOCC2)c(OCC)cc1NC(=O)c1cccc(S(=O)(=O)N2C[C@@H](C)O[C@H](C)C2)c1. The largest absolute Gasteiger partial charge is 0.492 e. The second kappa shape index (κ2) is 12.3. The lowest BCUT2D eigenvalue weighted by molar-refractivity contribution is -0.0440. The van der Waals surface area contributed by atoms with Crippen molar-refractivity contribution in [3.8, 4) is 11.5 Å². The molecular weight excluding hydrogens is 510 g/mol. The van der Waals surface area contributed by atoms with Crippen molar-refractivity contribution < 1.29 is 32.2 Å². The average molecular weight is 548 g/mol. The van der Waals surface area contributed by atoms with Crippen LogP contribution in [0.15, 0.2) is 41.3 Å². The monoisotopic (exact) mass is 547 g/mol. The van der Waals surface area contributed by atoms with Crippen molar-refractivity contribution in [1.29, 1.82) is 0 Å². The Morgan fingerprint density at radius 2 is 1.66 bits per heavy atom. The summed E-state index contributed by atoms with van der Waals surface area (Å²) < 4.78 is 51.1. The fourth-order valence-electron chi connectivity index (χ4n) is 4.71. The number of carbonyl (C=O) groups is 1. The molecule has 2 atom stereocenters. The summed E-state index contributed by atoms with van der Waals surface area (Å²) in [6, 6.07) is 9.70. The predicted octanol–water partition coefficient (Wildman–Crippen LogP) is 3.37. The molecule has 2 aromatic rings. The van der Waals surface area contributed by atoms with Crippen molar-refractivity contribution >= 4 is 27.3 Å². The number of rotatable bonds is 9. The number of morpholine rings is 2. The van der Waals surface area contributed by atoms with Gasteiger partial charge in [0.25, 0.3) is 5.91 Å². The van der Waals surface area contributed by atoms with Crippen LogP contribution >= 0.6 is 0 Å². The summed E-state index contributed by atoms with van der Waals surface area (Å²) in [7, 11) is -3.79. The molecule has 0 bridgehead atoms. The Hall–Kier alpha value is -2.86. The molecule has 208 valence electrons. The highest BCUT2D eigenvalue weighted by Gasteiger charge is 2.32. The van der Waals surface area contributed by atoms with Crippen LogP contribution in [0.25, 0.3) is 0 Å². The Bertz CT molecular complexity index is 1220. The Labute approximate surface area is 224 Å². The fraction of sp³-hybridized carbons (Fsp3) is 0.519. The molecule has 2 aliphatic heterocycles. The minimum absolute atomic E-state index is 0.0640. The number of amides is 1. The first-order valence-electron chi connectivity index (χ1n) is 13.1. The van der Waals surface area contributed by atoms with E-state index in [2.05, 4.69) is 10.2 Å². The van der Waals surface area contributed by atoms with Crippen molar-refractivity contribution in [1.82, 2.24) is 4.31 Å². The van der Waals surface area contributed by atoms with E-state index < -0.39 is 15.9 Å².